The Hall–Kier alpha value is -1.71. The number of hydrogen-bond acceptors (Lipinski definition) is 4. The van der Waals surface area contributed by atoms with E-state index in [1.54, 1.807) is 39.2 Å². The molecule has 0 N–H and O–H groups in total. The van der Waals surface area contributed by atoms with Crippen LogP contribution in [0.5, 0.6) is 11.5 Å². The van der Waals surface area contributed by atoms with Gasteiger partial charge in [0.15, 0.2) is 0 Å². The van der Waals surface area contributed by atoms with Crippen LogP contribution in [0.2, 0.25) is 0 Å². The standard InChI is InChI=1S/C12H16O4/c1-8(2)16-12(13)10-7-9(14-3)5-6-11(10)15-4/h5-8H,1-4H3. The third-order valence-electron chi connectivity index (χ3n) is 1.97. The molecule has 4 heteroatoms. The van der Waals surface area contributed by atoms with Gasteiger partial charge in [-0.3, -0.25) is 0 Å². The third kappa shape index (κ3) is 2.89. The lowest BCUT2D eigenvalue weighted by Gasteiger charge is -2.12. The van der Waals surface area contributed by atoms with Crippen molar-refractivity contribution in [2.24, 2.45) is 0 Å². The van der Waals surface area contributed by atoms with Gasteiger partial charge in [-0.05, 0) is 32.0 Å². The fraction of sp³-hybridized carbons (Fsp3) is 0.417. The minimum atomic E-state index is -0.411. The summed E-state index contributed by atoms with van der Waals surface area (Å²) in [5.74, 6) is 0.661. The molecule has 0 amide bonds. The predicted molar refractivity (Wildman–Crippen MR) is 60.1 cm³/mol. The summed E-state index contributed by atoms with van der Waals surface area (Å²) < 4.78 is 15.2. The van der Waals surface area contributed by atoms with Crippen LogP contribution in [0.1, 0.15) is 24.2 Å². The molecule has 1 rings (SSSR count). The van der Waals surface area contributed by atoms with E-state index in [0.29, 0.717) is 17.1 Å². The molecular formula is C12H16O4. The first-order valence-electron chi connectivity index (χ1n) is 5.01. The van der Waals surface area contributed by atoms with Crippen LogP contribution in [-0.2, 0) is 4.74 Å². The van der Waals surface area contributed by atoms with E-state index in [-0.39, 0.29) is 6.10 Å². The summed E-state index contributed by atoms with van der Waals surface area (Å²) in [6, 6.07) is 5.00. The van der Waals surface area contributed by atoms with E-state index in [2.05, 4.69) is 0 Å². The zero-order valence-corrected chi connectivity index (χ0v) is 9.94. The number of hydrogen-bond donors (Lipinski definition) is 0. The molecular weight excluding hydrogens is 208 g/mol. The summed E-state index contributed by atoms with van der Waals surface area (Å²) in [5.41, 5.74) is 0.371. The summed E-state index contributed by atoms with van der Waals surface area (Å²) in [5, 5.41) is 0. The number of esters is 1. The van der Waals surface area contributed by atoms with Crippen LogP contribution in [0.3, 0.4) is 0 Å². The molecule has 0 radical (unpaired) electrons. The summed E-state index contributed by atoms with van der Waals surface area (Å²) in [6.07, 6.45) is -0.164. The molecule has 1 aromatic rings. The van der Waals surface area contributed by atoms with Gasteiger partial charge in [-0.1, -0.05) is 0 Å². The van der Waals surface area contributed by atoms with Gasteiger partial charge in [0.2, 0.25) is 0 Å². The van der Waals surface area contributed by atoms with Crippen LogP contribution in [0.25, 0.3) is 0 Å². The maximum atomic E-state index is 11.7. The summed E-state index contributed by atoms with van der Waals surface area (Å²) in [4.78, 5) is 11.7. The van der Waals surface area contributed by atoms with Gasteiger partial charge < -0.3 is 14.2 Å². The van der Waals surface area contributed by atoms with Gasteiger partial charge >= 0.3 is 5.97 Å². The first-order chi connectivity index (χ1) is 7.58. The lowest BCUT2D eigenvalue weighted by atomic mass is 10.2. The highest BCUT2D eigenvalue weighted by Gasteiger charge is 2.16. The van der Waals surface area contributed by atoms with E-state index in [1.807, 2.05) is 0 Å². The van der Waals surface area contributed by atoms with E-state index in [0.717, 1.165) is 0 Å². The molecule has 16 heavy (non-hydrogen) atoms. The Morgan fingerprint density at radius 2 is 1.88 bits per heavy atom. The molecule has 0 saturated carbocycles. The van der Waals surface area contributed by atoms with Gasteiger partial charge in [0.05, 0.1) is 20.3 Å². The van der Waals surface area contributed by atoms with Crippen molar-refractivity contribution in [2.75, 3.05) is 14.2 Å². The third-order valence-corrected chi connectivity index (χ3v) is 1.97. The predicted octanol–water partition coefficient (Wildman–Crippen LogP) is 2.27. The Morgan fingerprint density at radius 1 is 1.19 bits per heavy atom. The molecule has 1 aromatic carbocycles. The largest absolute Gasteiger partial charge is 0.497 e. The van der Waals surface area contributed by atoms with Gasteiger partial charge in [-0.25, -0.2) is 4.79 Å². The minimum absolute atomic E-state index is 0.164. The number of rotatable bonds is 4. The summed E-state index contributed by atoms with van der Waals surface area (Å²) in [7, 11) is 3.05. The molecule has 0 saturated heterocycles. The van der Waals surface area contributed by atoms with Crippen LogP contribution in [0, 0.1) is 0 Å². The molecule has 0 aliphatic heterocycles. The monoisotopic (exact) mass is 224 g/mol. The highest BCUT2D eigenvalue weighted by molar-refractivity contribution is 5.93. The van der Waals surface area contributed by atoms with Crippen molar-refractivity contribution in [3.05, 3.63) is 23.8 Å². The first kappa shape index (κ1) is 12.4. The fourth-order valence-corrected chi connectivity index (χ4v) is 1.25. The molecule has 0 bridgehead atoms. The maximum Gasteiger partial charge on any atom is 0.342 e. The van der Waals surface area contributed by atoms with E-state index in [4.69, 9.17) is 14.2 Å². The second-order valence-corrected chi connectivity index (χ2v) is 3.52. The maximum absolute atomic E-state index is 11.7. The Balaban J connectivity index is 3.03. The lowest BCUT2D eigenvalue weighted by Crippen LogP contribution is -2.12. The zero-order valence-electron chi connectivity index (χ0n) is 9.94. The topological polar surface area (TPSA) is 44.8 Å². The Bertz CT molecular complexity index is 371. The van der Waals surface area contributed by atoms with Gasteiger partial charge in [0, 0.05) is 0 Å². The molecule has 4 nitrogen and oxygen atoms in total. The lowest BCUT2D eigenvalue weighted by molar-refractivity contribution is 0.0374. The number of ether oxygens (including phenoxy) is 3. The van der Waals surface area contributed by atoms with Gasteiger partial charge in [0.25, 0.3) is 0 Å². The SMILES string of the molecule is COc1ccc(OC)c(C(=O)OC(C)C)c1. The van der Waals surface area contributed by atoms with Gasteiger partial charge in [-0.15, -0.1) is 0 Å². The number of methoxy groups -OCH3 is 2. The van der Waals surface area contributed by atoms with Crippen molar-refractivity contribution in [3.8, 4) is 11.5 Å². The number of carbonyl (C=O) groups is 1. The Morgan fingerprint density at radius 3 is 2.38 bits per heavy atom. The molecule has 0 unspecified atom stereocenters. The summed E-state index contributed by atoms with van der Waals surface area (Å²) >= 11 is 0. The molecule has 0 aliphatic rings. The summed E-state index contributed by atoms with van der Waals surface area (Å²) in [6.45, 7) is 3.59. The average molecular weight is 224 g/mol. The normalized spacial score (nSPS) is 10.1. The second-order valence-electron chi connectivity index (χ2n) is 3.52. The van der Waals surface area contributed by atoms with Crippen LogP contribution in [-0.4, -0.2) is 26.3 Å². The molecule has 0 aromatic heterocycles. The highest BCUT2D eigenvalue weighted by atomic mass is 16.5. The fourth-order valence-electron chi connectivity index (χ4n) is 1.25. The van der Waals surface area contributed by atoms with Crippen molar-refractivity contribution in [1.29, 1.82) is 0 Å². The van der Waals surface area contributed by atoms with E-state index in [9.17, 15) is 4.79 Å². The molecule has 0 spiro atoms. The van der Waals surface area contributed by atoms with Crippen LogP contribution < -0.4 is 9.47 Å². The molecule has 0 aliphatic carbocycles. The van der Waals surface area contributed by atoms with Crippen LogP contribution in [0.15, 0.2) is 18.2 Å². The zero-order chi connectivity index (χ0) is 12.1. The quantitative estimate of drug-likeness (QED) is 0.736. The minimum Gasteiger partial charge on any atom is -0.497 e. The molecule has 0 atom stereocenters. The van der Waals surface area contributed by atoms with E-state index < -0.39 is 5.97 Å². The first-order valence-corrected chi connectivity index (χ1v) is 5.01. The number of carbonyl (C=O) groups excluding carboxylic acids is 1. The Kier molecular flexibility index (Phi) is 4.17. The highest BCUT2D eigenvalue weighted by Crippen LogP contribution is 2.24. The molecule has 88 valence electrons. The van der Waals surface area contributed by atoms with Crippen molar-refractivity contribution < 1.29 is 19.0 Å². The van der Waals surface area contributed by atoms with Gasteiger partial charge in [0.1, 0.15) is 17.1 Å². The number of benzene rings is 1. The van der Waals surface area contributed by atoms with Crippen LogP contribution >= 0.6 is 0 Å². The van der Waals surface area contributed by atoms with Crippen molar-refractivity contribution in [1.82, 2.24) is 0 Å². The van der Waals surface area contributed by atoms with Crippen LogP contribution in [0.4, 0.5) is 0 Å². The van der Waals surface area contributed by atoms with Crippen molar-refractivity contribution in [3.63, 3.8) is 0 Å². The average Bonchev–Trinajstić information content (AvgIpc) is 2.27. The molecule has 0 fully saturated rings. The van der Waals surface area contributed by atoms with Gasteiger partial charge in [-0.2, -0.15) is 0 Å². The van der Waals surface area contributed by atoms with E-state index in [1.165, 1.54) is 7.11 Å². The Labute approximate surface area is 95.1 Å². The second kappa shape index (κ2) is 5.39. The van der Waals surface area contributed by atoms with Crippen molar-refractivity contribution >= 4 is 5.97 Å². The van der Waals surface area contributed by atoms with E-state index >= 15 is 0 Å². The smallest absolute Gasteiger partial charge is 0.342 e. The molecule has 0 heterocycles. The van der Waals surface area contributed by atoms with Crippen molar-refractivity contribution in [2.45, 2.75) is 20.0 Å².